The molecule has 2 aromatic carbocycles. The Morgan fingerprint density at radius 2 is 1.73 bits per heavy atom. The number of aliphatic hydroxyl groups is 1. The fourth-order valence-corrected chi connectivity index (χ4v) is 4.47. The smallest absolute Gasteiger partial charge is 0.240 e. The van der Waals surface area contributed by atoms with Crippen LogP contribution in [0.2, 0.25) is 5.02 Å². The van der Waals surface area contributed by atoms with Crippen LogP contribution in [0, 0.1) is 0 Å². The van der Waals surface area contributed by atoms with Gasteiger partial charge >= 0.3 is 0 Å². The second-order valence-corrected chi connectivity index (χ2v) is 9.18. The maximum Gasteiger partial charge on any atom is 0.240 e. The van der Waals surface area contributed by atoms with Crippen molar-refractivity contribution in [3.8, 4) is 0 Å². The van der Waals surface area contributed by atoms with E-state index in [1.54, 1.807) is 43.4 Å². The van der Waals surface area contributed by atoms with Gasteiger partial charge in [0.15, 0.2) is 0 Å². The number of rotatable bonds is 9. The highest BCUT2D eigenvalue weighted by Crippen LogP contribution is 2.43. The van der Waals surface area contributed by atoms with E-state index in [0.29, 0.717) is 22.7 Å². The summed E-state index contributed by atoms with van der Waals surface area (Å²) < 4.78 is 0. The van der Waals surface area contributed by atoms with Gasteiger partial charge in [0.25, 0.3) is 0 Å². The molecule has 2 aromatic rings. The number of aliphatic hydroxyl groups excluding tert-OH is 1. The van der Waals surface area contributed by atoms with Crippen molar-refractivity contribution in [1.82, 2.24) is 14.7 Å². The zero-order chi connectivity index (χ0) is 24.2. The number of imide groups is 1. The van der Waals surface area contributed by atoms with Crippen LogP contribution in [0.1, 0.15) is 30.1 Å². The largest absolute Gasteiger partial charge is 0.387 e. The molecule has 8 heteroatoms. The number of carbonyl (C=O) groups excluding carboxylic acids is 3. The quantitative estimate of drug-likeness (QED) is 0.568. The summed E-state index contributed by atoms with van der Waals surface area (Å²) in [6, 6.07) is 15.9. The Kier molecular flexibility index (Phi) is 7.89. The molecule has 33 heavy (non-hydrogen) atoms. The van der Waals surface area contributed by atoms with Gasteiger partial charge in [-0.3, -0.25) is 19.3 Å². The zero-order valence-electron chi connectivity index (χ0n) is 19.2. The molecule has 2 atom stereocenters. The average Bonchev–Trinajstić information content (AvgIpc) is 3.02. The predicted octanol–water partition coefficient (Wildman–Crippen LogP) is 2.48. The first-order valence-electron chi connectivity index (χ1n) is 10.9. The Morgan fingerprint density at radius 1 is 1.09 bits per heavy atom. The van der Waals surface area contributed by atoms with Crippen molar-refractivity contribution in [2.75, 3.05) is 40.8 Å². The Hall–Kier alpha value is -2.74. The fraction of sp³-hybridized carbons (Fsp3) is 0.400. The predicted molar refractivity (Wildman–Crippen MR) is 127 cm³/mol. The molecule has 0 aliphatic carbocycles. The van der Waals surface area contributed by atoms with Crippen LogP contribution in [-0.4, -0.2) is 78.3 Å². The Morgan fingerprint density at radius 3 is 2.36 bits per heavy atom. The lowest BCUT2D eigenvalue weighted by molar-refractivity contribution is -0.142. The molecule has 1 fully saturated rings. The minimum absolute atomic E-state index is 0.0634. The summed E-state index contributed by atoms with van der Waals surface area (Å²) in [7, 11) is 5.31. The molecule has 0 spiro atoms. The van der Waals surface area contributed by atoms with Gasteiger partial charge in [0, 0.05) is 38.0 Å². The van der Waals surface area contributed by atoms with E-state index in [1.807, 2.05) is 37.2 Å². The first-order valence-corrected chi connectivity index (χ1v) is 11.2. The normalized spacial score (nSPS) is 19.3. The van der Waals surface area contributed by atoms with Crippen molar-refractivity contribution < 1.29 is 19.5 Å². The molecule has 1 aliphatic rings. The highest BCUT2D eigenvalue weighted by molar-refractivity contribution is 6.32. The number of carbonyl (C=O) groups is 3. The highest BCUT2D eigenvalue weighted by atomic mass is 35.5. The number of likely N-dealkylation sites (N-methyl/N-ethyl adjacent to an activating group) is 2. The van der Waals surface area contributed by atoms with Gasteiger partial charge in [-0.25, -0.2) is 0 Å². The van der Waals surface area contributed by atoms with Crippen LogP contribution in [0.3, 0.4) is 0 Å². The molecule has 0 saturated carbocycles. The van der Waals surface area contributed by atoms with E-state index >= 15 is 0 Å². The van der Waals surface area contributed by atoms with Gasteiger partial charge in [0.1, 0.15) is 0 Å². The minimum atomic E-state index is -1.37. The molecule has 176 valence electrons. The molecule has 1 saturated heterocycles. The SMILES string of the molecule is CN(C)CCN1C(=O)C[C@](CC(=O)N(C)C[C@@H](O)c2ccccc2)(c2ccccc2Cl)C1=O. The summed E-state index contributed by atoms with van der Waals surface area (Å²) in [6.07, 6.45) is -1.20. The number of hydrogen-bond acceptors (Lipinski definition) is 5. The standard InChI is InChI=1S/C25H30ClN3O4/c1-27(2)13-14-29-23(32)16-25(24(29)33,19-11-7-8-12-20(19)26)15-22(31)28(3)17-21(30)18-9-5-4-6-10-18/h4-12,21,30H,13-17H2,1-3H3/t21-,25-/m1/s1. The number of hydrogen-bond donors (Lipinski definition) is 1. The molecule has 0 bridgehead atoms. The Labute approximate surface area is 199 Å². The van der Waals surface area contributed by atoms with Crippen LogP contribution in [-0.2, 0) is 19.8 Å². The van der Waals surface area contributed by atoms with Crippen LogP contribution in [0.5, 0.6) is 0 Å². The summed E-state index contributed by atoms with van der Waals surface area (Å²) in [6.45, 7) is 0.828. The van der Waals surface area contributed by atoms with Crippen molar-refractivity contribution in [3.05, 3.63) is 70.7 Å². The second kappa shape index (κ2) is 10.5. The van der Waals surface area contributed by atoms with E-state index in [2.05, 4.69) is 0 Å². The van der Waals surface area contributed by atoms with E-state index in [-0.39, 0.29) is 37.7 Å². The molecule has 1 heterocycles. The molecule has 0 aromatic heterocycles. The zero-order valence-corrected chi connectivity index (χ0v) is 20.0. The van der Waals surface area contributed by atoms with Crippen LogP contribution >= 0.6 is 11.6 Å². The third kappa shape index (κ3) is 5.43. The van der Waals surface area contributed by atoms with Gasteiger partial charge in [-0.15, -0.1) is 0 Å². The van der Waals surface area contributed by atoms with E-state index in [0.717, 1.165) is 0 Å². The molecule has 0 radical (unpaired) electrons. The molecule has 0 unspecified atom stereocenters. The topological polar surface area (TPSA) is 81.2 Å². The monoisotopic (exact) mass is 471 g/mol. The number of halogens is 1. The summed E-state index contributed by atoms with van der Waals surface area (Å²) in [5.41, 5.74) is -0.201. The van der Waals surface area contributed by atoms with Crippen LogP contribution in [0.15, 0.2) is 54.6 Å². The third-order valence-electron chi connectivity index (χ3n) is 6.08. The molecular weight excluding hydrogens is 442 g/mol. The number of nitrogens with zero attached hydrogens (tertiary/aromatic N) is 3. The fourth-order valence-electron chi connectivity index (χ4n) is 4.16. The lowest BCUT2D eigenvalue weighted by Crippen LogP contribution is -2.44. The van der Waals surface area contributed by atoms with Gasteiger partial charge < -0.3 is 14.9 Å². The molecule has 3 rings (SSSR count). The highest BCUT2D eigenvalue weighted by Gasteiger charge is 2.54. The number of benzene rings is 2. The Balaban J connectivity index is 1.87. The second-order valence-electron chi connectivity index (χ2n) is 8.77. The van der Waals surface area contributed by atoms with Gasteiger partial charge in [-0.1, -0.05) is 60.1 Å². The summed E-state index contributed by atoms with van der Waals surface area (Å²) in [5, 5.41) is 10.9. The van der Waals surface area contributed by atoms with Crippen molar-refractivity contribution >= 4 is 29.3 Å². The molecule has 7 nitrogen and oxygen atoms in total. The van der Waals surface area contributed by atoms with Crippen LogP contribution in [0.25, 0.3) is 0 Å². The summed E-state index contributed by atoms with van der Waals surface area (Å²) >= 11 is 6.45. The van der Waals surface area contributed by atoms with Gasteiger partial charge in [0.2, 0.25) is 17.7 Å². The molecular formula is C25H30ClN3O4. The lowest BCUT2D eigenvalue weighted by atomic mass is 9.75. The van der Waals surface area contributed by atoms with Crippen molar-refractivity contribution in [3.63, 3.8) is 0 Å². The molecule has 1 N–H and O–H groups in total. The van der Waals surface area contributed by atoms with Crippen molar-refractivity contribution in [2.45, 2.75) is 24.4 Å². The maximum atomic E-state index is 13.6. The van der Waals surface area contributed by atoms with Gasteiger partial charge in [-0.05, 0) is 31.3 Å². The van der Waals surface area contributed by atoms with Gasteiger partial charge in [-0.2, -0.15) is 0 Å². The summed E-state index contributed by atoms with van der Waals surface area (Å²) in [4.78, 5) is 44.3. The minimum Gasteiger partial charge on any atom is -0.387 e. The third-order valence-corrected chi connectivity index (χ3v) is 6.41. The van der Waals surface area contributed by atoms with E-state index in [9.17, 15) is 19.5 Å². The van der Waals surface area contributed by atoms with E-state index < -0.39 is 17.4 Å². The van der Waals surface area contributed by atoms with E-state index in [4.69, 9.17) is 11.6 Å². The van der Waals surface area contributed by atoms with Crippen molar-refractivity contribution in [2.24, 2.45) is 0 Å². The first kappa shape index (κ1) is 24.9. The van der Waals surface area contributed by atoms with E-state index in [1.165, 1.54) is 9.80 Å². The maximum absolute atomic E-state index is 13.6. The number of likely N-dealkylation sites (tertiary alicyclic amines) is 1. The Bertz CT molecular complexity index is 1010. The average molecular weight is 472 g/mol. The first-order chi connectivity index (χ1) is 15.7. The molecule has 3 amide bonds. The van der Waals surface area contributed by atoms with Crippen LogP contribution in [0.4, 0.5) is 0 Å². The van der Waals surface area contributed by atoms with Gasteiger partial charge in [0.05, 0.1) is 18.1 Å². The molecule has 1 aliphatic heterocycles. The lowest BCUT2D eigenvalue weighted by Gasteiger charge is -2.30. The summed E-state index contributed by atoms with van der Waals surface area (Å²) in [5.74, 6) is -1.07. The van der Waals surface area contributed by atoms with Crippen molar-refractivity contribution in [1.29, 1.82) is 0 Å². The van der Waals surface area contributed by atoms with Crippen LogP contribution < -0.4 is 0 Å². The number of amides is 3.